The van der Waals surface area contributed by atoms with E-state index in [1.807, 2.05) is 24.3 Å². The van der Waals surface area contributed by atoms with Crippen LogP contribution in [0, 0.1) is 20.2 Å². The first kappa shape index (κ1) is 21.5. The lowest BCUT2D eigenvalue weighted by Crippen LogP contribution is -2.28. The van der Waals surface area contributed by atoms with Gasteiger partial charge in [0.15, 0.2) is 0 Å². The molecule has 1 aliphatic rings. The maximum atomic E-state index is 11.3. The van der Waals surface area contributed by atoms with Gasteiger partial charge in [-0.15, -0.1) is 0 Å². The summed E-state index contributed by atoms with van der Waals surface area (Å²) in [6, 6.07) is 25.2. The smallest absolute Gasteiger partial charge is 0.258 e. The molecule has 0 saturated heterocycles. The monoisotopic (exact) mass is 564 g/mol. The predicted octanol–water partition coefficient (Wildman–Crippen LogP) is 7.39. The number of non-ortho nitro benzene ring substituents is 2. The van der Waals surface area contributed by atoms with E-state index in [9.17, 15) is 20.2 Å². The number of rotatable bonds is 4. The Kier molecular flexibility index (Phi) is 5.14. The van der Waals surface area contributed by atoms with Gasteiger partial charge in [0.25, 0.3) is 11.4 Å². The first-order valence-corrected chi connectivity index (χ1v) is 11.5. The van der Waals surface area contributed by atoms with Gasteiger partial charge in [0.05, 0.1) is 15.3 Å². The van der Waals surface area contributed by atoms with Crippen molar-refractivity contribution in [2.45, 2.75) is 5.41 Å². The van der Waals surface area contributed by atoms with Crippen molar-refractivity contribution in [3.8, 4) is 11.1 Å². The number of hydrogen-bond donors (Lipinski definition) is 0. The topological polar surface area (TPSA) is 86.3 Å². The quantitative estimate of drug-likeness (QED) is 0.168. The van der Waals surface area contributed by atoms with Gasteiger partial charge in [-0.2, -0.15) is 0 Å². The number of halogens is 2. The van der Waals surface area contributed by atoms with Crippen LogP contribution in [-0.4, -0.2) is 9.85 Å². The molecule has 0 aliphatic heterocycles. The normalized spacial score (nSPS) is 13.3. The molecule has 8 heteroatoms. The summed E-state index contributed by atoms with van der Waals surface area (Å²) in [4.78, 5) is 21.7. The second-order valence-electron chi connectivity index (χ2n) is 7.74. The van der Waals surface area contributed by atoms with Crippen LogP contribution in [0.4, 0.5) is 11.4 Å². The molecule has 162 valence electrons. The molecule has 0 amide bonds. The molecule has 5 rings (SSSR count). The van der Waals surface area contributed by atoms with E-state index in [4.69, 9.17) is 0 Å². The molecular weight excluding hydrogens is 552 g/mol. The molecule has 0 unspecified atom stereocenters. The number of hydrogen-bond acceptors (Lipinski definition) is 4. The maximum absolute atomic E-state index is 11.3. The molecule has 6 nitrogen and oxygen atoms in total. The second-order valence-corrected chi connectivity index (χ2v) is 9.57. The predicted molar refractivity (Wildman–Crippen MR) is 132 cm³/mol. The molecule has 0 fully saturated rings. The molecule has 0 spiro atoms. The number of nitro benzene ring substituents is 2. The van der Waals surface area contributed by atoms with Gasteiger partial charge in [0.2, 0.25) is 0 Å². The van der Waals surface area contributed by atoms with Crippen LogP contribution in [-0.2, 0) is 5.41 Å². The second kappa shape index (κ2) is 7.90. The first-order chi connectivity index (χ1) is 15.8. The van der Waals surface area contributed by atoms with Crippen molar-refractivity contribution in [1.82, 2.24) is 0 Å². The Morgan fingerprint density at radius 2 is 0.939 bits per heavy atom. The molecule has 4 aromatic rings. The minimum absolute atomic E-state index is 0.00246. The van der Waals surface area contributed by atoms with Gasteiger partial charge in [-0.05, 0) is 57.6 Å². The van der Waals surface area contributed by atoms with Gasteiger partial charge >= 0.3 is 0 Å². The Balaban J connectivity index is 1.89. The maximum Gasteiger partial charge on any atom is 0.269 e. The standard InChI is InChI=1S/C25H14Br2N2O4/c26-17-5-11-23-21(13-17)22-14-18(27)6-12-24(22)25(23,15-1-7-19(8-2-15)28(30)31)16-3-9-20(10-4-16)29(32)33/h1-14H. The summed E-state index contributed by atoms with van der Waals surface area (Å²) in [5, 5.41) is 22.6. The molecule has 0 heterocycles. The fourth-order valence-electron chi connectivity index (χ4n) is 4.73. The van der Waals surface area contributed by atoms with E-state index in [1.54, 1.807) is 24.3 Å². The zero-order valence-corrected chi connectivity index (χ0v) is 20.0. The molecule has 0 saturated carbocycles. The highest BCUT2D eigenvalue weighted by Gasteiger charge is 2.46. The van der Waals surface area contributed by atoms with Gasteiger partial charge < -0.3 is 0 Å². The van der Waals surface area contributed by atoms with Crippen LogP contribution in [0.3, 0.4) is 0 Å². The Labute approximate surface area is 205 Å². The van der Waals surface area contributed by atoms with Crippen LogP contribution < -0.4 is 0 Å². The van der Waals surface area contributed by atoms with E-state index >= 15 is 0 Å². The minimum atomic E-state index is -0.795. The Bertz CT molecular complexity index is 1320. The average molecular weight is 566 g/mol. The van der Waals surface area contributed by atoms with Crippen LogP contribution in [0.25, 0.3) is 11.1 Å². The van der Waals surface area contributed by atoms with Gasteiger partial charge in [-0.25, -0.2) is 0 Å². The third kappa shape index (κ3) is 3.29. The lowest BCUT2D eigenvalue weighted by molar-refractivity contribution is -0.385. The fraction of sp³-hybridized carbons (Fsp3) is 0.0400. The summed E-state index contributed by atoms with van der Waals surface area (Å²) in [6.45, 7) is 0. The van der Waals surface area contributed by atoms with Crippen molar-refractivity contribution in [1.29, 1.82) is 0 Å². The summed E-state index contributed by atoms with van der Waals surface area (Å²) in [5.74, 6) is 0. The van der Waals surface area contributed by atoms with E-state index in [0.29, 0.717) is 0 Å². The fourth-order valence-corrected chi connectivity index (χ4v) is 5.45. The van der Waals surface area contributed by atoms with Gasteiger partial charge in [-0.1, -0.05) is 68.3 Å². The van der Waals surface area contributed by atoms with Crippen molar-refractivity contribution < 1.29 is 9.85 Å². The van der Waals surface area contributed by atoms with Crippen molar-refractivity contribution in [2.75, 3.05) is 0 Å². The van der Waals surface area contributed by atoms with E-state index in [-0.39, 0.29) is 11.4 Å². The lowest BCUT2D eigenvalue weighted by atomic mass is 9.67. The van der Waals surface area contributed by atoms with Crippen molar-refractivity contribution in [3.63, 3.8) is 0 Å². The van der Waals surface area contributed by atoms with Crippen molar-refractivity contribution in [3.05, 3.63) is 136 Å². The molecule has 0 N–H and O–H groups in total. The molecule has 33 heavy (non-hydrogen) atoms. The lowest BCUT2D eigenvalue weighted by Gasteiger charge is -2.33. The van der Waals surface area contributed by atoms with E-state index in [2.05, 4.69) is 44.0 Å². The number of nitrogens with zero attached hydrogens (tertiary/aromatic N) is 2. The molecule has 0 aromatic heterocycles. The molecule has 0 bridgehead atoms. The van der Waals surface area contributed by atoms with E-state index in [1.165, 1.54) is 24.3 Å². The molecule has 4 aromatic carbocycles. The van der Waals surface area contributed by atoms with Crippen molar-refractivity contribution in [2.24, 2.45) is 0 Å². The molecule has 0 radical (unpaired) electrons. The van der Waals surface area contributed by atoms with E-state index < -0.39 is 15.3 Å². The summed E-state index contributed by atoms with van der Waals surface area (Å²) in [5.41, 5.74) is 4.94. The summed E-state index contributed by atoms with van der Waals surface area (Å²) in [7, 11) is 0. The zero-order valence-electron chi connectivity index (χ0n) is 16.9. The average Bonchev–Trinajstić information content (AvgIpc) is 3.09. The molecular formula is C25H14Br2N2O4. The van der Waals surface area contributed by atoms with Crippen molar-refractivity contribution >= 4 is 43.2 Å². The van der Waals surface area contributed by atoms with Gasteiger partial charge in [0, 0.05) is 33.2 Å². The van der Waals surface area contributed by atoms with Crippen LogP contribution in [0.15, 0.2) is 93.9 Å². The SMILES string of the molecule is O=[N+]([O-])c1ccc(C2(c3ccc([N+](=O)[O-])cc3)c3ccc(Br)cc3-c3cc(Br)ccc32)cc1. The Hall–Kier alpha value is -3.36. The summed E-state index contributed by atoms with van der Waals surface area (Å²) in [6.07, 6.45) is 0. The van der Waals surface area contributed by atoms with Crippen LogP contribution in [0.1, 0.15) is 22.3 Å². The summed E-state index contributed by atoms with van der Waals surface area (Å²) >= 11 is 7.15. The van der Waals surface area contributed by atoms with Crippen LogP contribution >= 0.6 is 31.9 Å². The third-order valence-corrected chi connectivity index (χ3v) is 7.07. The number of fused-ring (bicyclic) bond motifs is 3. The highest BCUT2D eigenvalue weighted by atomic mass is 79.9. The highest BCUT2D eigenvalue weighted by molar-refractivity contribution is 9.10. The Morgan fingerprint density at radius 1 is 0.576 bits per heavy atom. The highest BCUT2D eigenvalue weighted by Crippen LogP contribution is 2.57. The van der Waals surface area contributed by atoms with E-state index in [0.717, 1.165) is 42.3 Å². The first-order valence-electron chi connectivity index (χ1n) is 9.92. The largest absolute Gasteiger partial charge is 0.269 e. The molecule has 1 aliphatic carbocycles. The van der Waals surface area contributed by atoms with Crippen LogP contribution in [0.2, 0.25) is 0 Å². The van der Waals surface area contributed by atoms with Gasteiger partial charge in [0.1, 0.15) is 0 Å². The zero-order chi connectivity index (χ0) is 23.3. The Morgan fingerprint density at radius 3 is 1.27 bits per heavy atom. The van der Waals surface area contributed by atoms with Crippen LogP contribution in [0.5, 0.6) is 0 Å². The van der Waals surface area contributed by atoms with Gasteiger partial charge in [-0.3, -0.25) is 20.2 Å². The third-order valence-electron chi connectivity index (χ3n) is 6.08. The number of benzene rings is 4. The number of nitro groups is 2. The summed E-state index contributed by atoms with van der Waals surface area (Å²) < 4.78 is 1.85. The minimum Gasteiger partial charge on any atom is -0.258 e. The molecule has 0 atom stereocenters.